The van der Waals surface area contributed by atoms with Crippen molar-refractivity contribution in [2.45, 2.75) is 25.3 Å². The molecule has 1 aromatic heterocycles. The molecule has 8 heteroatoms. The van der Waals surface area contributed by atoms with E-state index in [0.29, 0.717) is 17.3 Å². The third-order valence-electron chi connectivity index (χ3n) is 3.97. The number of hydrogen-bond donors (Lipinski definition) is 0. The fourth-order valence-electron chi connectivity index (χ4n) is 2.64. The Kier molecular flexibility index (Phi) is 5.22. The maximum atomic E-state index is 13.1. The minimum Gasteiger partial charge on any atom is -0.490 e. The number of benzene rings is 1. The van der Waals surface area contributed by atoms with Crippen LogP contribution in [0.2, 0.25) is 5.02 Å². The molecular formula is C17H18ClF2N3O2. The fraction of sp³-hybridized carbons (Fsp3) is 0.412. The third kappa shape index (κ3) is 4.10. The van der Waals surface area contributed by atoms with Crippen LogP contribution in [0, 0.1) is 0 Å². The van der Waals surface area contributed by atoms with E-state index in [2.05, 4.69) is 5.10 Å². The number of aryl methyl sites for hydroxylation is 1. The Bertz CT molecular complexity index is 762. The van der Waals surface area contributed by atoms with Gasteiger partial charge in [0.2, 0.25) is 0 Å². The summed E-state index contributed by atoms with van der Waals surface area (Å²) < 4.78 is 33.1. The van der Waals surface area contributed by atoms with Gasteiger partial charge in [-0.3, -0.25) is 9.48 Å². The van der Waals surface area contributed by atoms with E-state index in [-0.39, 0.29) is 18.2 Å². The first kappa shape index (κ1) is 17.7. The molecule has 2 aromatic rings. The van der Waals surface area contributed by atoms with Crippen LogP contribution in [0.5, 0.6) is 5.75 Å². The predicted octanol–water partition coefficient (Wildman–Crippen LogP) is 3.69. The number of alkyl halides is 2. The van der Waals surface area contributed by atoms with Gasteiger partial charge in [0.15, 0.2) is 0 Å². The Hall–Kier alpha value is -2.15. The second kappa shape index (κ2) is 7.39. The standard InChI is InChI=1S/C17H18ClF2N3O2/c1-22-10-12(15(21-22)16(19)20)17(24)23(11-6-7-11)8-9-25-14-5-3-2-4-13(14)18/h2-5,10-11,16H,6-9H2,1H3. The number of rotatable bonds is 7. The van der Waals surface area contributed by atoms with Gasteiger partial charge in [0, 0.05) is 19.3 Å². The van der Waals surface area contributed by atoms with Crippen LogP contribution in [0.1, 0.15) is 35.3 Å². The molecule has 0 spiro atoms. The van der Waals surface area contributed by atoms with Crippen LogP contribution < -0.4 is 4.74 Å². The number of para-hydroxylation sites is 1. The van der Waals surface area contributed by atoms with Crippen LogP contribution >= 0.6 is 11.6 Å². The van der Waals surface area contributed by atoms with E-state index in [1.54, 1.807) is 29.2 Å². The lowest BCUT2D eigenvalue weighted by atomic mass is 10.2. The monoisotopic (exact) mass is 369 g/mol. The molecule has 1 heterocycles. The predicted molar refractivity (Wildman–Crippen MR) is 89.2 cm³/mol. The quantitative estimate of drug-likeness (QED) is 0.747. The number of carbonyl (C=O) groups excluding carboxylic acids is 1. The number of halogens is 3. The molecule has 1 aromatic carbocycles. The van der Waals surface area contributed by atoms with Crippen LogP contribution in [0.3, 0.4) is 0 Å². The van der Waals surface area contributed by atoms with E-state index in [0.717, 1.165) is 12.8 Å². The summed E-state index contributed by atoms with van der Waals surface area (Å²) in [5.74, 6) is 0.0932. The normalized spacial score (nSPS) is 14.0. The molecule has 3 rings (SSSR count). The summed E-state index contributed by atoms with van der Waals surface area (Å²) >= 11 is 6.03. The number of hydrogen-bond acceptors (Lipinski definition) is 3. The molecule has 1 fully saturated rings. The lowest BCUT2D eigenvalue weighted by Crippen LogP contribution is -2.36. The van der Waals surface area contributed by atoms with E-state index in [4.69, 9.17) is 16.3 Å². The minimum absolute atomic E-state index is 0.0536. The van der Waals surface area contributed by atoms with Gasteiger partial charge in [0.05, 0.1) is 17.1 Å². The zero-order chi connectivity index (χ0) is 18.0. The van der Waals surface area contributed by atoms with Gasteiger partial charge >= 0.3 is 0 Å². The van der Waals surface area contributed by atoms with Crippen molar-refractivity contribution in [1.82, 2.24) is 14.7 Å². The summed E-state index contributed by atoms with van der Waals surface area (Å²) in [6.07, 6.45) is 0.277. The number of aromatic nitrogens is 2. The molecule has 0 atom stereocenters. The molecule has 25 heavy (non-hydrogen) atoms. The Balaban J connectivity index is 1.69. The van der Waals surface area contributed by atoms with Crippen molar-refractivity contribution < 1.29 is 18.3 Å². The van der Waals surface area contributed by atoms with Gasteiger partial charge in [-0.2, -0.15) is 5.10 Å². The molecule has 1 saturated carbocycles. The van der Waals surface area contributed by atoms with Gasteiger partial charge in [0.25, 0.3) is 12.3 Å². The highest BCUT2D eigenvalue weighted by atomic mass is 35.5. The zero-order valence-corrected chi connectivity index (χ0v) is 14.4. The van der Waals surface area contributed by atoms with Crippen molar-refractivity contribution in [2.24, 2.45) is 7.05 Å². The molecule has 0 N–H and O–H groups in total. The fourth-order valence-corrected chi connectivity index (χ4v) is 2.83. The first-order chi connectivity index (χ1) is 12.0. The van der Waals surface area contributed by atoms with E-state index in [9.17, 15) is 13.6 Å². The summed E-state index contributed by atoms with van der Waals surface area (Å²) in [6.45, 7) is 0.530. The molecule has 0 radical (unpaired) electrons. The third-order valence-corrected chi connectivity index (χ3v) is 4.28. The van der Waals surface area contributed by atoms with Crippen LogP contribution in [0.25, 0.3) is 0 Å². The lowest BCUT2D eigenvalue weighted by Gasteiger charge is -2.22. The zero-order valence-electron chi connectivity index (χ0n) is 13.7. The highest BCUT2D eigenvalue weighted by Gasteiger charge is 2.35. The van der Waals surface area contributed by atoms with Gasteiger partial charge in [-0.15, -0.1) is 0 Å². The van der Waals surface area contributed by atoms with Crippen molar-refractivity contribution in [3.05, 3.63) is 46.7 Å². The number of carbonyl (C=O) groups is 1. The van der Waals surface area contributed by atoms with Gasteiger partial charge in [0.1, 0.15) is 18.1 Å². The second-order valence-electron chi connectivity index (χ2n) is 5.91. The maximum Gasteiger partial charge on any atom is 0.282 e. The van der Waals surface area contributed by atoms with Crippen molar-refractivity contribution >= 4 is 17.5 Å². The Labute approximate surface area is 149 Å². The van der Waals surface area contributed by atoms with Crippen LogP contribution in [-0.2, 0) is 7.05 Å². The molecule has 134 valence electrons. The highest BCUT2D eigenvalue weighted by molar-refractivity contribution is 6.32. The molecule has 0 aliphatic heterocycles. The molecule has 0 saturated heterocycles. The largest absolute Gasteiger partial charge is 0.490 e. The lowest BCUT2D eigenvalue weighted by molar-refractivity contribution is 0.0704. The van der Waals surface area contributed by atoms with Crippen LogP contribution in [-0.4, -0.2) is 39.8 Å². The number of amides is 1. The van der Waals surface area contributed by atoms with Crippen molar-refractivity contribution in [1.29, 1.82) is 0 Å². The summed E-state index contributed by atoms with van der Waals surface area (Å²) in [7, 11) is 1.52. The molecule has 0 bridgehead atoms. The topological polar surface area (TPSA) is 47.4 Å². The van der Waals surface area contributed by atoms with Gasteiger partial charge in [-0.25, -0.2) is 8.78 Å². The van der Waals surface area contributed by atoms with Gasteiger partial charge in [-0.05, 0) is 25.0 Å². The average Bonchev–Trinajstić information content (AvgIpc) is 3.33. The van der Waals surface area contributed by atoms with E-state index >= 15 is 0 Å². The Morgan fingerprint density at radius 1 is 1.44 bits per heavy atom. The minimum atomic E-state index is -2.79. The SMILES string of the molecule is Cn1cc(C(=O)N(CCOc2ccccc2Cl)C2CC2)c(C(F)F)n1. The van der Waals surface area contributed by atoms with Crippen molar-refractivity contribution in [3.63, 3.8) is 0 Å². The molecule has 1 aliphatic rings. The van der Waals surface area contributed by atoms with E-state index in [1.165, 1.54) is 17.9 Å². The first-order valence-electron chi connectivity index (χ1n) is 7.97. The number of nitrogens with zero attached hydrogens (tertiary/aromatic N) is 3. The van der Waals surface area contributed by atoms with E-state index in [1.807, 2.05) is 0 Å². The number of ether oxygens (including phenoxy) is 1. The highest BCUT2D eigenvalue weighted by Crippen LogP contribution is 2.30. The maximum absolute atomic E-state index is 13.1. The summed E-state index contributed by atoms with van der Waals surface area (Å²) in [4.78, 5) is 14.3. The summed E-state index contributed by atoms with van der Waals surface area (Å²) in [5, 5.41) is 4.19. The molecular weight excluding hydrogens is 352 g/mol. The molecule has 5 nitrogen and oxygen atoms in total. The first-order valence-corrected chi connectivity index (χ1v) is 8.35. The second-order valence-corrected chi connectivity index (χ2v) is 6.32. The van der Waals surface area contributed by atoms with Gasteiger partial charge < -0.3 is 9.64 Å². The van der Waals surface area contributed by atoms with Crippen LogP contribution in [0.15, 0.2) is 30.5 Å². The summed E-state index contributed by atoms with van der Waals surface area (Å²) in [6, 6.07) is 7.11. The smallest absolute Gasteiger partial charge is 0.282 e. The van der Waals surface area contributed by atoms with Gasteiger partial charge in [-0.1, -0.05) is 23.7 Å². The Morgan fingerprint density at radius 3 is 2.80 bits per heavy atom. The van der Waals surface area contributed by atoms with Crippen molar-refractivity contribution in [2.75, 3.05) is 13.2 Å². The van der Waals surface area contributed by atoms with E-state index < -0.39 is 18.0 Å². The molecule has 1 amide bonds. The summed E-state index contributed by atoms with van der Waals surface area (Å²) in [5.41, 5.74) is -0.535. The Morgan fingerprint density at radius 2 is 2.16 bits per heavy atom. The average molecular weight is 370 g/mol. The molecule has 1 aliphatic carbocycles. The molecule has 0 unspecified atom stereocenters. The van der Waals surface area contributed by atoms with Crippen molar-refractivity contribution in [3.8, 4) is 5.75 Å². The van der Waals surface area contributed by atoms with Crippen LogP contribution in [0.4, 0.5) is 8.78 Å².